The first-order valence-corrected chi connectivity index (χ1v) is 10.3. The third-order valence-corrected chi connectivity index (χ3v) is 6.14. The molecule has 0 spiro atoms. The number of ether oxygens (including phenoxy) is 1. The van der Waals surface area contributed by atoms with Crippen LogP contribution in [0.4, 0.5) is 14.6 Å². The monoisotopic (exact) mass is 452 g/mol. The van der Waals surface area contributed by atoms with Crippen molar-refractivity contribution >= 4 is 28.3 Å². The lowest BCUT2D eigenvalue weighted by atomic mass is 9.95. The lowest BCUT2D eigenvalue weighted by Crippen LogP contribution is -2.43. The Hall–Kier alpha value is -2.79. The van der Waals surface area contributed by atoms with Crippen molar-refractivity contribution in [3.05, 3.63) is 39.7 Å². The molecule has 3 aromatic rings. The predicted molar refractivity (Wildman–Crippen MR) is 108 cm³/mol. The zero-order chi connectivity index (χ0) is 21.6. The number of fused-ring (bicyclic) bond motifs is 2. The summed E-state index contributed by atoms with van der Waals surface area (Å²) in [5.74, 6) is -0.346. The van der Waals surface area contributed by atoms with Crippen LogP contribution in [-0.4, -0.2) is 56.2 Å². The summed E-state index contributed by atoms with van der Waals surface area (Å²) in [5, 5.41) is 2.38. The number of halogens is 3. The Balaban J connectivity index is 1.49. The lowest BCUT2D eigenvalue weighted by Gasteiger charge is -2.30. The van der Waals surface area contributed by atoms with E-state index in [9.17, 15) is 13.6 Å². The molecular formula is C19H19ClF2N6O3. The molecule has 2 atom stereocenters. The molecule has 2 saturated heterocycles. The highest BCUT2D eigenvalue weighted by Crippen LogP contribution is 2.40. The van der Waals surface area contributed by atoms with Crippen molar-refractivity contribution in [2.75, 3.05) is 25.0 Å². The number of nitrogens with one attached hydrogen (secondary N) is 2. The normalized spacial score (nSPS) is 23.4. The highest BCUT2D eigenvalue weighted by molar-refractivity contribution is 6.30. The van der Waals surface area contributed by atoms with E-state index in [4.69, 9.17) is 20.8 Å². The summed E-state index contributed by atoms with van der Waals surface area (Å²) in [5.41, 5.74) is -1.34. The van der Waals surface area contributed by atoms with E-state index in [0.29, 0.717) is 18.7 Å². The van der Waals surface area contributed by atoms with Crippen molar-refractivity contribution in [3.8, 4) is 6.01 Å². The van der Waals surface area contributed by atoms with Gasteiger partial charge in [-0.1, -0.05) is 11.6 Å². The van der Waals surface area contributed by atoms with Crippen LogP contribution in [0.1, 0.15) is 25.0 Å². The van der Waals surface area contributed by atoms with Crippen molar-refractivity contribution in [2.24, 2.45) is 0 Å². The van der Waals surface area contributed by atoms with Crippen molar-refractivity contribution in [3.63, 3.8) is 0 Å². The van der Waals surface area contributed by atoms with Gasteiger partial charge in [0.1, 0.15) is 40.4 Å². The first kappa shape index (κ1) is 20.1. The van der Waals surface area contributed by atoms with Gasteiger partial charge in [-0.3, -0.25) is 9.69 Å². The van der Waals surface area contributed by atoms with E-state index in [-0.39, 0.29) is 35.9 Å². The Labute approximate surface area is 179 Å². The number of hydrogen-bond donors (Lipinski definition) is 2. The number of aromatic amines is 1. The van der Waals surface area contributed by atoms with Gasteiger partial charge in [-0.2, -0.15) is 9.97 Å². The molecule has 0 aliphatic carbocycles. The van der Waals surface area contributed by atoms with Crippen LogP contribution in [0.3, 0.4) is 0 Å². The average Bonchev–Trinajstić information content (AvgIpc) is 3.45. The fourth-order valence-corrected chi connectivity index (χ4v) is 4.65. The van der Waals surface area contributed by atoms with E-state index < -0.39 is 28.2 Å². The van der Waals surface area contributed by atoms with Crippen molar-refractivity contribution < 1.29 is 17.9 Å². The van der Waals surface area contributed by atoms with Crippen molar-refractivity contribution in [1.82, 2.24) is 24.8 Å². The van der Waals surface area contributed by atoms with Gasteiger partial charge in [0.2, 0.25) is 0 Å². The van der Waals surface area contributed by atoms with Gasteiger partial charge in [0.15, 0.2) is 12.2 Å². The summed E-state index contributed by atoms with van der Waals surface area (Å²) >= 11 is 5.80. The minimum absolute atomic E-state index is 0.0591. The SMILES string of the molecule is O=c1[nH]c(Cl)c(F)c2nc(OC[C@@]34CCCN3C[C@H](F)C4)nc(NCc3cnco3)c12. The molecule has 12 heteroatoms. The van der Waals surface area contributed by atoms with Crippen LogP contribution in [0.2, 0.25) is 5.15 Å². The fraction of sp³-hybridized carbons (Fsp3) is 0.474. The molecule has 0 amide bonds. The molecule has 0 bridgehead atoms. The molecule has 9 nitrogen and oxygen atoms in total. The van der Waals surface area contributed by atoms with Crippen LogP contribution >= 0.6 is 11.6 Å². The molecule has 2 aliphatic rings. The van der Waals surface area contributed by atoms with E-state index in [2.05, 4.69) is 30.2 Å². The predicted octanol–water partition coefficient (Wildman–Crippen LogP) is 2.67. The van der Waals surface area contributed by atoms with Crippen LogP contribution in [0.25, 0.3) is 10.9 Å². The molecule has 0 unspecified atom stereocenters. The first-order valence-electron chi connectivity index (χ1n) is 9.87. The fourth-order valence-electron chi connectivity index (χ4n) is 4.48. The minimum Gasteiger partial charge on any atom is -0.461 e. The summed E-state index contributed by atoms with van der Waals surface area (Å²) in [7, 11) is 0. The third-order valence-electron chi connectivity index (χ3n) is 5.88. The Morgan fingerprint density at radius 1 is 1.45 bits per heavy atom. The maximum absolute atomic E-state index is 14.7. The zero-order valence-corrected chi connectivity index (χ0v) is 17.1. The van der Waals surface area contributed by atoms with Gasteiger partial charge in [-0.05, 0) is 19.4 Å². The summed E-state index contributed by atoms with van der Waals surface area (Å²) < 4.78 is 39.7. The van der Waals surface area contributed by atoms with Gasteiger partial charge in [-0.15, -0.1) is 0 Å². The second-order valence-corrected chi connectivity index (χ2v) is 8.22. The van der Waals surface area contributed by atoms with E-state index in [1.165, 1.54) is 12.6 Å². The third kappa shape index (κ3) is 3.61. The number of anilines is 1. The van der Waals surface area contributed by atoms with Gasteiger partial charge in [0.05, 0.1) is 18.3 Å². The second-order valence-electron chi connectivity index (χ2n) is 7.85. The quantitative estimate of drug-likeness (QED) is 0.549. The summed E-state index contributed by atoms with van der Waals surface area (Å²) in [6.45, 7) is 1.51. The van der Waals surface area contributed by atoms with Crippen molar-refractivity contribution in [2.45, 2.75) is 37.5 Å². The largest absolute Gasteiger partial charge is 0.461 e. The molecule has 2 aliphatic heterocycles. The summed E-state index contributed by atoms with van der Waals surface area (Å²) in [4.78, 5) is 29.0. The van der Waals surface area contributed by atoms with Gasteiger partial charge < -0.3 is 19.5 Å². The molecule has 0 aromatic carbocycles. The van der Waals surface area contributed by atoms with Crippen LogP contribution in [0.15, 0.2) is 21.8 Å². The van der Waals surface area contributed by atoms with Crippen LogP contribution < -0.4 is 15.6 Å². The number of rotatable bonds is 6. The molecule has 5 rings (SSSR count). The van der Waals surface area contributed by atoms with Gasteiger partial charge in [0.25, 0.3) is 5.56 Å². The molecule has 0 saturated carbocycles. The smallest absolute Gasteiger partial charge is 0.319 e. The molecule has 31 heavy (non-hydrogen) atoms. The summed E-state index contributed by atoms with van der Waals surface area (Å²) in [6.07, 6.45) is 3.99. The van der Waals surface area contributed by atoms with Gasteiger partial charge in [-0.25, -0.2) is 13.8 Å². The second kappa shape index (κ2) is 7.72. The van der Waals surface area contributed by atoms with E-state index in [1.807, 2.05) is 0 Å². The minimum atomic E-state index is -0.907. The molecule has 164 valence electrons. The highest BCUT2D eigenvalue weighted by Gasteiger charge is 2.49. The maximum atomic E-state index is 14.7. The van der Waals surface area contributed by atoms with Gasteiger partial charge >= 0.3 is 6.01 Å². The topological polar surface area (TPSA) is 109 Å². The first-order chi connectivity index (χ1) is 14.9. The lowest BCUT2D eigenvalue weighted by molar-refractivity contribution is 0.107. The molecule has 2 fully saturated rings. The number of H-pyrrole nitrogens is 1. The standard InChI is InChI=1S/C19H19ClF2N6O3/c20-15-13(22)14-12(17(29)26-15)16(24-6-11-5-23-9-31-11)27-18(25-14)30-8-19-2-1-3-28(19)7-10(21)4-19/h5,9-10H,1-4,6-8H2,(H,26,29)(H,24,25,27)/t10-,19+/m1/s1. The number of hydrogen-bond acceptors (Lipinski definition) is 8. The number of aromatic nitrogens is 4. The van der Waals surface area contributed by atoms with Crippen molar-refractivity contribution in [1.29, 1.82) is 0 Å². The van der Waals surface area contributed by atoms with E-state index in [0.717, 1.165) is 19.4 Å². The Kier molecular flexibility index (Phi) is 5.01. The number of pyridine rings is 1. The van der Waals surface area contributed by atoms with E-state index >= 15 is 0 Å². The molecule has 2 N–H and O–H groups in total. The zero-order valence-electron chi connectivity index (χ0n) is 16.3. The van der Waals surface area contributed by atoms with Gasteiger partial charge in [0, 0.05) is 13.0 Å². The maximum Gasteiger partial charge on any atom is 0.319 e. The van der Waals surface area contributed by atoms with E-state index in [1.54, 1.807) is 0 Å². The Morgan fingerprint density at radius 3 is 3.13 bits per heavy atom. The molecule has 0 radical (unpaired) electrons. The van der Waals surface area contributed by atoms with Crippen LogP contribution in [-0.2, 0) is 6.54 Å². The summed E-state index contributed by atoms with van der Waals surface area (Å²) in [6, 6.07) is -0.128. The molecular weight excluding hydrogens is 434 g/mol. The number of nitrogens with zero attached hydrogens (tertiary/aromatic N) is 4. The Morgan fingerprint density at radius 2 is 2.32 bits per heavy atom. The molecule has 5 heterocycles. The number of alkyl halides is 1. The molecule has 3 aromatic heterocycles. The van der Waals surface area contributed by atoms with Crippen LogP contribution in [0.5, 0.6) is 6.01 Å². The highest BCUT2D eigenvalue weighted by atomic mass is 35.5. The Bertz CT molecular complexity index is 1170. The number of oxazole rings is 1. The average molecular weight is 453 g/mol. The van der Waals surface area contributed by atoms with Crippen LogP contribution in [0, 0.1) is 5.82 Å².